The van der Waals surface area contributed by atoms with Gasteiger partial charge in [-0.05, 0) is 60.9 Å². The Labute approximate surface area is 190 Å². The number of methoxy groups -OCH3 is 1. The summed E-state index contributed by atoms with van der Waals surface area (Å²) in [5.74, 6) is -4.17. The van der Waals surface area contributed by atoms with Crippen LogP contribution in [0, 0.1) is 6.92 Å². The molecule has 33 heavy (non-hydrogen) atoms. The number of aromatic nitrogens is 1. The zero-order chi connectivity index (χ0) is 24.0. The fraction of sp³-hybridized carbons (Fsp3) is 0.240. The number of pyridine rings is 1. The fourth-order valence-electron chi connectivity index (χ4n) is 3.31. The Balaban J connectivity index is 1.69. The van der Waals surface area contributed by atoms with Gasteiger partial charge < -0.3 is 15.2 Å². The number of carbonyl (C=O) groups excluding carboxylic acids is 1. The van der Waals surface area contributed by atoms with Crippen molar-refractivity contribution in [3.63, 3.8) is 0 Å². The third-order valence-corrected chi connectivity index (χ3v) is 5.12. The number of nitrogens with one attached hydrogen (secondary N) is 1. The Bertz CT molecular complexity index is 1150. The van der Waals surface area contributed by atoms with Crippen molar-refractivity contribution in [3.05, 3.63) is 94.3 Å². The molecule has 1 aromatic heterocycles. The van der Waals surface area contributed by atoms with Crippen molar-refractivity contribution >= 4 is 11.9 Å². The van der Waals surface area contributed by atoms with Crippen LogP contribution in [0.3, 0.4) is 0 Å². The lowest BCUT2D eigenvalue weighted by Crippen LogP contribution is -2.25. The van der Waals surface area contributed by atoms with Gasteiger partial charge in [-0.3, -0.25) is 4.79 Å². The van der Waals surface area contributed by atoms with Crippen LogP contribution in [0.15, 0.2) is 60.7 Å². The molecule has 6 nitrogen and oxygen atoms in total. The molecular formula is C25H24F2N2O4. The van der Waals surface area contributed by atoms with Gasteiger partial charge in [0.25, 0.3) is 11.8 Å². The third-order valence-electron chi connectivity index (χ3n) is 5.12. The van der Waals surface area contributed by atoms with Gasteiger partial charge in [-0.15, -0.1) is 0 Å². The SMILES string of the molecule is COc1cccc(CNC(=O)c2cc(C(F)(F)CCc3ccc(C(=O)O)cc3)cc(C)n2)c1. The molecule has 0 radical (unpaired) electrons. The highest BCUT2D eigenvalue weighted by atomic mass is 19.3. The molecule has 1 amide bonds. The number of carbonyl (C=O) groups is 2. The highest BCUT2D eigenvalue weighted by molar-refractivity contribution is 5.92. The molecule has 0 unspecified atom stereocenters. The number of carboxylic acid groups (broad SMARTS) is 1. The Morgan fingerprint density at radius 2 is 1.79 bits per heavy atom. The molecular weight excluding hydrogens is 430 g/mol. The number of alkyl halides is 2. The van der Waals surface area contributed by atoms with Crippen LogP contribution in [-0.4, -0.2) is 29.1 Å². The van der Waals surface area contributed by atoms with Crippen LogP contribution in [0.2, 0.25) is 0 Å². The second-order valence-electron chi connectivity index (χ2n) is 7.62. The lowest BCUT2D eigenvalue weighted by atomic mass is 9.99. The molecule has 1 heterocycles. The third kappa shape index (κ3) is 6.35. The van der Waals surface area contributed by atoms with E-state index in [9.17, 15) is 18.4 Å². The van der Waals surface area contributed by atoms with E-state index in [1.807, 2.05) is 6.07 Å². The van der Waals surface area contributed by atoms with Gasteiger partial charge in [0, 0.05) is 24.2 Å². The van der Waals surface area contributed by atoms with E-state index in [2.05, 4.69) is 10.3 Å². The Kier molecular flexibility index (Phi) is 7.37. The van der Waals surface area contributed by atoms with E-state index in [-0.39, 0.29) is 29.8 Å². The molecule has 8 heteroatoms. The highest BCUT2D eigenvalue weighted by Crippen LogP contribution is 2.33. The average Bonchev–Trinajstić information content (AvgIpc) is 2.81. The molecule has 0 atom stereocenters. The first kappa shape index (κ1) is 23.8. The van der Waals surface area contributed by atoms with E-state index >= 15 is 0 Å². The van der Waals surface area contributed by atoms with Crippen LogP contribution < -0.4 is 10.1 Å². The van der Waals surface area contributed by atoms with Crippen molar-refractivity contribution in [2.75, 3.05) is 7.11 Å². The lowest BCUT2D eigenvalue weighted by Gasteiger charge is -2.18. The maximum atomic E-state index is 14.9. The predicted molar refractivity (Wildman–Crippen MR) is 119 cm³/mol. The molecule has 0 aliphatic heterocycles. The Morgan fingerprint density at radius 1 is 1.06 bits per heavy atom. The predicted octanol–water partition coefficient (Wildman–Crippen LogP) is 4.75. The van der Waals surface area contributed by atoms with Crippen LogP contribution in [0.25, 0.3) is 0 Å². The topological polar surface area (TPSA) is 88.5 Å². The number of nitrogens with zero attached hydrogens (tertiary/aromatic N) is 1. The van der Waals surface area contributed by atoms with Gasteiger partial charge in [-0.2, -0.15) is 0 Å². The highest BCUT2D eigenvalue weighted by Gasteiger charge is 2.32. The van der Waals surface area contributed by atoms with Gasteiger partial charge in [0.15, 0.2) is 0 Å². The molecule has 172 valence electrons. The van der Waals surface area contributed by atoms with E-state index in [0.29, 0.717) is 17.0 Å². The number of hydrogen-bond acceptors (Lipinski definition) is 4. The van der Waals surface area contributed by atoms with Crippen molar-refractivity contribution < 1.29 is 28.2 Å². The molecule has 0 aliphatic rings. The number of ether oxygens (including phenoxy) is 1. The van der Waals surface area contributed by atoms with Gasteiger partial charge in [0.2, 0.25) is 0 Å². The minimum absolute atomic E-state index is 0.0473. The van der Waals surface area contributed by atoms with E-state index in [1.54, 1.807) is 32.2 Å². The van der Waals surface area contributed by atoms with Gasteiger partial charge in [-0.25, -0.2) is 18.6 Å². The second kappa shape index (κ2) is 10.2. The first-order valence-electron chi connectivity index (χ1n) is 10.3. The summed E-state index contributed by atoms with van der Waals surface area (Å²) in [6.45, 7) is 1.76. The minimum Gasteiger partial charge on any atom is -0.497 e. The number of benzene rings is 2. The number of hydrogen-bond donors (Lipinski definition) is 2. The molecule has 3 rings (SSSR count). The summed E-state index contributed by atoms with van der Waals surface area (Å²) in [7, 11) is 1.54. The van der Waals surface area contributed by atoms with Crippen molar-refractivity contribution in [1.82, 2.24) is 10.3 Å². The molecule has 0 saturated carbocycles. The van der Waals surface area contributed by atoms with Crippen LogP contribution in [0.5, 0.6) is 5.75 Å². The molecule has 0 aliphatic carbocycles. The van der Waals surface area contributed by atoms with Gasteiger partial charge in [-0.1, -0.05) is 24.3 Å². The van der Waals surface area contributed by atoms with Crippen molar-refractivity contribution in [3.8, 4) is 5.75 Å². The average molecular weight is 454 g/mol. The number of aryl methyl sites for hydroxylation is 2. The number of aromatic carboxylic acids is 1. The van der Waals surface area contributed by atoms with Crippen LogP contribution in [-0.2, 0) is 18.9 Å². The normalized spacial score (nSPS) is 11.2. The molecule has 3 aromatic rings. The molecule has 0 fully saturated rings. The van der Waals surface area contributed by atoms with Crippen molar-refractivity contribution in [1.29, 1.82) is 0 Å². The number of amides is 1. The summed E-state index contributed by atoms with van der Waals surface area (Å²) in [6, 6.07) is 15.4. The zero-order valence-electron chi connectivity index (χ0n) is 18.3. The van der Waals surface area contributed by atoms with E-state index < -0.39 is 24.2 Å². The number of rotatable bonds is 9. The largest absolute Gasteiger partial charge is 0.497 e. The summed E-state index contributed by atoms with van der Waals surface area (Å²) < 4.78 is 35.0. The first-order valence-corrected chi connectivity index (χ1v) is 10.3. The quantitative estimate of drug-likeness (QED) is 0.487. The number of halogens is 2. The smallest absolute Gasteiger partial charge is 0.335 e. The number of carboxylic acids is 1. The molecule has 2 N–H and O–H groups in total. The first-order chi connectivity index (χ1) is 15.7. The summed E-state index contributed by atoms with van der Waals surface area (Å²) in [5.41, 5.74) is 1.43. The maximum Gasteiger partial charge on any atom is 0.335 e. The van der Waals surface area contributed by atoms with E-state index in [1.165, 1.54) is 30.3 Å². The van der Waals surface area contributed by atoms with Crippen LogP contribution in [0.4, 0.5) is 8.78 Å². The molecule has 0 spiro atoms. The van der Waals surface area contributed by atoms with E-state index in [4.69, 9.17) is 9.84 Å². The summed E-state index contributed by atoms with van der Waals surface area (Å²) >= 11 is 0. The van der Waals surface area contributed by atoms with Crippen molar-refractivity contribution in [2.24, 2.45) is 0 Å². The lowest BCUT2D eigenvalue weighted by molar-refractivity contribution is -0.0132. The zero-order valence-corrected chi connectivity index (χ0v) is 18.3. The molecule has 0 bridgehead atoms. The van der Waals surface area contributed by atoms with Gasteiger partial charge in [0.05, 0.1) is 12.7 Å². The second-order valence-corrected chi connectivity index (χ2v) is 7.62. The summed E-state index contributed by atoms with van der Waals surface area (Å²) in [5, 5.41) is 11.6. The standard InChI is InChI=1S/C25H24F2N2O4/c1-16-12-20(25(26,27)11-10-17-6-8-19(9-7-17)24(31)32)14-22(29-16)23(30)28-15-18-4-3-5-21(13-18)33-2/h3-9,12-14H,10-11,15H2,1-2H3,(H,28,30)(H,31,32). The fourth-order valence-corrected chi connectivity index (χ4v) is 3.31. The van der Waals surface area contributed by atoms with Gasteiger partial charge >= 0.3 is 5.97 Å². The summed E-state index contributed by atoms with van der Waals surface area (Å²) in [4.78, 5) is 27.6. The van der Waals surface area contributed by atoms with Crippen LogP contribution >= 0.6 is 0 Å². The van der Waals surface area contributed by atoms with Crippen molar-refractivity contribution in [2.45, 2.75) is 32.2 Å². The van der Waals surface area contributed by atoms with E-state index in [0.717, 1.165) is 11.6 Å². The molecule has 2 aromatic carbocycles. The Hall–Kier alpha value is -3.81. The minimum atomic E-state index is -3.19. The maximum absolute atomic E-state index is 14.9. The monoisotopic (exact) mass is 454 g/mol. The van der Waals surface area contributed by atoms with Gasteiger partial charge in [0.1, 0.15) is 11.4 Å². The molecule has 0 saturated heterocycles. The van der Waals surface area contributed by atoms with Crippen LogP contribution in [0.1, 0.15) is 49.7 Å². The summed E-state index contributed by atoms with van der Waals surface area (Å²) in [6.07, 6.45) is -0.445. The Morgan fingerprint density at radius 3 is 2.45 bits per heavy atom.